The minimum absolute atomic E-state index is 0.155. The van der Waals surface area contributed by atoms with Crippen molar-refractivity contribution in [1.29, 1.82) is 0 Å². The molecular weight excluding hydrogens is 250 g/mol. The molecular formula is C9H9NO6S. The fraction of sp³-hybridized carbons (Fsp3) is 0.222. The molecule has 8 heteroatoms. The van der Waals surface area contributed by atoms with Crippen molar-refractivity contribution in [3.63, 3.8) is 0 Å². The van der Waals surface area contributed by atoms with Gasteiger partial charge in [0, 0.05) is 12.1 Å². The molecule has 0 heterocycles. The predicted octanol–water partition coefficient (Wildman–Crippen LogP) is 0.811. The summed E-state index contributed by atoms with van der Waals surface area (Å²) in [7, 11) is -3.78. The highest BCUT2D eigenvalue weighted by Crippen LogP contribution is 2.20. The standard InChI is InChI=1S/C9H9NO6S/c1-17(14,15)16-9(6-11)7-2-4-8(5-3-7)10(12)13/h2-6,9H,1H3. The number of benzene rings is 1. The van der Waals surface area contributed by atoms with Gasteiger partial charge in [0.25, 0.3) is 15.8 Å². The van der Waals surface area contributed by atoms with Gasteiger partial charge in [0.2, 0.25) is 0 Å². The van der Waals surface area contributed by atoms with Crippen LogP contribution in [0.1, 0.15) is 11.7 Å². The molecule has 1 aromatic carbocycles. The van der Waals surface area contributed by atoms with Crippen molar-refractivity contribution in [2.45, 2.75) is 6.10 Å². The number of rotatable bonds is 5. The molecule has 1 unspecified atom stereocenters. The summed E-state index contributed by atoms with van der Waals surface area (Å²) in [6.07, 6.45) is -0.164. The Morgan fingerprint density at radius 2 is 1.88 bits per heavy atom. The van der Waals surface area contributed by atoms with Crippen LogP contribution >= 0.6 is 0 Å². The van der Waals surface area contributed by atoms with Crippen LogP contribution < -0.4 is 0 Å². The number of hydrogen-bond donors (Lipinski definition) is 0. The summed E-state index contributed by atoms with van der Waals surface area (Å²) in [4.78, 5) is 20.5. The van der Waals surface area contributed by atoms with Crippen molar-refractivity contribution in [2.75, 3.05) is 6.26 Å². The van der Waals surface area contributed by atoms with Crippen LogP contribution in [0.2, 0.25) is 0 Å². The highest BCUT2D eigenvalue weighted by atomic mass is 32.2. The van der Waals surface area contributed by atoms with E-state index in [1.54, 1.807) is 0 Å². The summed E-state index contributed by atoms with van der Waals surface area (Å²) >= 11 is 0. The molecule has 0 radical (unpaired) electrons. The number of carbonyl (C=O) groups is 1. The van der Waals surface area contributed by atoms with Crippen LogP contribution in [0.5, 0.6) is 0 Å². The number of nitro groups is 1. The van der Waals surface area contributed by atoms with E-state index in [-0.39, 0.29) is 11.3 Å². The van der Waals surface area contributed by atoms with Gasteiger partial charge in [-0.1, -0.05) is 0 Å². The monoisotopic (exact) mass is 259 g/mol. The number of aldehydes is 1. The van der Waals surface area contributed by atoms with E-state index < -0.39 is 21.1 Å². The van der Waals surface area contributed by atoms with E-state index in [0.717, 1.165) is 18.4 Å². The number of hydrogen-bond acceptors (Lipinski definition) is 6. The van der Waals surface area contributed by atoms with Gasteiger partial charge in [-0.25, -0.2) is 0 Å². The number of non-ortho nitro benzene ring substituents is 1. The molecule has 0 aliphatic heterocycles. The average molecular weight is 259 g/mol. The van der Waals surface area contributed by atoms with Crippen LogP contribution in [0.15, 0.2) is 24.3 Å². The van der Waals surface area contributed by atoms with Crippen molar-refractivity contribution >= 4 is 22.1 Å². The Morgan fingerprint density at radius 1 is 1.35 bits per heavy atom. The number of carbonyl (C=O) groups excluding carboxylic acids is 1. The first-order valence-electron chi connectivity index (χ1n) is 4.41. The zero-order valence-electron chi connectivity index (χ0n) is 8.77. The Labute approximate surface area is 97.3 Å². The van der Waals surface area contributed by atoms with Crippen LogP contribution in [-0.4, -0.2) is 25.9 Å². The van der Waals surface area contributed by atoms with E-state index in [9.17, 15) is 23.3 Å². The third-order valence-electron chi connectivity index (χ3n) is 1.83. The normalized spacial score (nSPS) is 13.0. The van der Waals surface area contributed by atoms with Gasteiger partial charge < -0.3 is 4.79 Å². The van der Waals surface area contributed by atoms with E-state index in [0.29, 0.717) is 6.29 Å². The van der Waals surface area contributed by atoms with Gasteiger partial charge in [-0.2, -0.15) is 8.42 Å². The fourth-order valence-electron chi connectivity index (χ4n) is 1.13. The minimum Gasteiger partial charge on any atom is -0.300 e. The molecule has 0 aromatic heterocycles. The fourth-order valence-corrected chi connectivity index (χ4v) is 1.66. The first-order chi connectivity index (χ1) is 7.83. The average Bonchev–Trinajstić information content (AvgIpc) is 2.25. The lowest BCUT2D eigenvalue weighted by Crippen LogP contribution is -2.11. The quantitative estimate of drug-likeness (QED) is 0.335. The van der Waals surface area contributed by atoms with Gasteiger partial charge in [-0.05, 0) is 17.7 Å². The molecule has 17 heavy (non-hydrogen) atoms. The third-order valence-corrected chi connectivity index (χ3v) is 2.39. The van der Waals surface area contributed by atoms with Gasteiger partial charge in [-0.3, -0.25) is 14.3 Å². The number of nitrogens with zero attached hydrogens (tertiary/aromatic N) is 1. The molecule has 1 atom stereocenters. The van der Waals surface area contributed by atoms with Crippen molar-refractivity contribution in [1.82, 2.24) is 0 Å². The van der Waals surface area contributed by atoms with Gasteiger partial charge >= 0.3 is 0 Å². The van der Waals surface area contributed by atoms with Crippen LogP contribution in [-0.2, 0) is 19.1 Å². The molecule has 1 aromatic rings. The summed E-state index contributed by atoms with van der Waals surface area (Å²) in [5.74, 6) is 0. The Kier molecular flexibility index (Phi) is 3.92. The molecule has 0 bridgehead atoms. The maximum absolute atomic E-state index is 10.9. The first kappa shape index (κ1) is 13.3. The summed E-state index contributed by atoms with van der Waals surface area (Å²) in [5, 5.41) is 10.4. The Balaban J connectivity index is 2.97. The maximum Gasteiger partial charge on any atom is 0.269 e. The van der Waals surface area contributed by atoms with Crippen molar-refractivity contribution in [3.05, 3.63) is 39.9 Å². The molecule has 0 N–H and O–H groups in total. The Morgan fingerprint density at radius 3 is 2.24 bits per heavy atom. The molecule has 0 spiro atoms. The molecule has 0 amide bonds. The molecule has 0 saturated heterocycles. The molecule has 0 saturated carbocycles. The van der Waals surface area contributed by atoms with Crippen molar-refractivity contribution < 1.29 is 22.3 Å². The van der Waals surface area contributed by atoms with E-state index >= 15 is 0 Å². The van der Waals surface area contributed by atoms with Crippen molar-refractivity contribution in [3.8, 4) is 0 Å². The van der Waals surface area contributed by atoms with Crippen LogP contribution in [0.3, 0.4) is 0 Å². The smallest absolute Gasteiger partial charge is 0.269 e. The zero-order chi connectivity index (χ0) is 13.1. The predicted molar refractivity (Wildman–Crippen MR) is 57.8 cm³/mol. The summed E-state index contributed by atoms with van der Waals surface area (Å²) in [6, 6.07) is 4.86. The lowest BCUT2D eigenvalue weighted by atomic mass is 10.1. The van der Waals surface area contributed by atoms with Gasteiger partial charge in [0.15, 0.2) is 12.4 Å². The van der Waals surface area contributed by atoms with E-state index in [1.165, 1.54) is 12.1 Å². The molecule has 7 nitrogen and oxygen atoms in total. The molecule has 0 fully saturated rings. The zero-order valence-corrected chi connectivity index (χ0v) is 9.59. The van der Waals surface area contributed by atoms with E-state index in [2.05, 4.69) is 4.18 Å². The van der Waals surface area contributed by atoms with Crippen LogP contribution in [0.4, 0.5) is 5.69 Å². The second kappa shape index (κ2) is 5.02. The third kappa shape index (κ3) is 3.93. The molecule has 92 valence electrons. The minimum atomic E-state index is -3.78. The SMILES string of the molecule is CS(=O)(=O)OC(C=O)c1ccc([N+](=O)[O-])cc1. The largest absolute Gasteiger partial charge is 0.300 e. The lowest BCUT2D eigenvalue weighted by Gasteiger charge is -2.09. The highest BCUT2D eigenvalue weighted by molar-refractivity contribution is 7.86. The van der Waals surface area contributed by atoms with Gasteiger partial charge in [0.1, 0.15) is 0 Å². The number of nitro benzene ring substituents is 1. The first-order valence-corrected chi connectivity index (χ1v) is 6.23. The molecule has 0 aliphatic carbocycles. The van der Waals surface area contributed by atoms with Crippen LogP contribution in [0.25, 0.3) is 0 Å². The second-order valence-electron chi connectivity index (χ2n) is 3.21. The van der Waals surface area contributed by atoms with Crippen molar-refractivity contribution in [2.24, 2.45) is 0 Å². The Bertz CT molecular complexity index is 521. The van der Waals surface area contributed by atoms with Crippen LogP contribution in [0, 0.1) is 10.1 Å². The summed E-state index contributed by atoms with van der Waals surface area (Å²) in [6.45, 7) is 0. The van der Waals surface area contributed by atoms with E-state index in [4.69, 9.17) is 0 Å². The Hall–Kier alpha value is -1.80. The summed E-state index contributed by atoms with van der Waals surface area (Å²) in [5.41, 5.74) is 0.0776. The van der Waals surface area contributed by atoms with Gasteiger partial charge in [-0.15, -0.1) is 0 Å². The second-order valence-corrected chi connectivity index (χ2v) is 4.81. The van der Waals surface area contributed by atoms with Gasteiger partial charge in [0.05, 0.1) is 11.2 Å². The lowest BCUT2D eigenvalue weighted by molar-refractivity contribution is -0.384. The van der Waals surface area contributed by atoms with E-state index in [1.807, 2.05) is 0 Å². The molecule has 1 rings (SSSR count). The highest BCUT2D eigenvalue weighted by Gasteiger charge is 2.17. The molecule has 0 aliphatic rings. The maximum atomic E-state index is 10.9. The summed E-state index contributed by atoms with van der Waals surface area (Å²) < 4.78 is 26.2. The topological polar surface area (TPSA) is 104 Å².